The van der Waals surface area contributed by atoms with E-state index in [0.29, 0.717) is 0 Å². The molecule has 0 aliphatic rings. The van der Waals surface area contributed by atoms with Crippen molar-refractivity contribution < 1.29 is 16.8 Å². The minimum Gasteiger partial charge on any atom is -0.278 e. The van der Waals surface area contributed by atoms with Gasteiger partial charge in [0.15, 0.2) is 0 Å². The van der Waals surface area contributed by atoms with Crippen LogP contribution in [0.3, 0.4) is 0 Å². The maximum absolute atomic E-state index is 12.4. The number of sulfonamides is 2. The van der Waals surface area contributed by atoms with Crippen LogP contribution < -0.4 is 9.44 Å². The highest BCUT2D eigenvalue weighted by atomic mass is 35.5. The van der Waals surface area contributed by atoms with Gasteiger partial charge in [-0.05, 0) is 36.4 Å². The number of hydrogen-bond acceptors (Lipinski definition) is 4. The molecule has 0 saturated heterocycles. The Hall–Kier alpha value is -2.26. The van der Waals surface area contributed by atoms with Gasteiger partial charge >= 0.3 is 0 Å². The third kappa shape index (κ3) is 4.41. The van der Waals surface area contributed by atoms with E-state index in [1.54, 1.807) is 36.4 Å². The monoisotopic (exact) mass is 456 g/mol. The summed E-state index contributed by atoms with van der Waals surface area (Å²) in [5, 5.41) is -0.260. The van der Waals surface area contributed by atoms with Crippen molar-refractivity contribution in [3.8, 4) is 0 Å². The lowest BCUT2D eigenvalue weighted by molar-refractivity contribution is 0.599. The summed E-state index contributed by atoms with van der Waals surface area (Å²) < 4.78 is 54.4. The lowest BCUT2D eigenvalue weighted by atomic mass is 10.3. The minimum absolute atomic E-state index is 0.0261. The molecule has 3 rings (SSSR count). The van der Waals surface area contributed by atoms with Crippen LogP contribution in [-0.4, -0.2) is 16.8 Å². The third-order valence-corrected chi connectivity index (χ3v) is 7.32. The SMILES string of the molecule is O=S(=O)(Nc1ccc(NS(=O)(=O)c2ccccc2)c(Cl)c1Cl)c1ccccc1. The Morgan fingerprint density at radius 3 is 1.18 bits per heavy atom. The molecule has 6 nitrogen and oxygen atoms in total. The fourth-order valence-corrected chi connectivity index (χ4v) is 5.04. The highest BCUT2D eigenvalue weighted by Crippen LogP contribution is 2.37. The highest BCUT2D eigenvalue weighted by Gasteiger charge is 2.20. The lowest BCUT2D eigenvalue weighted by Gasteiger charge is -2.14. The Morgan fingerprint density at radius 2 is 0.857 bits per heavy atom. The zero-order valence-corrected chi connectivity index (χ0v) is 17.3. The molecule has 0 saturated carbocycles. The third-order valence-electron chi connectivity index (χ3n) is 3.68. The van der Waals surface area contributed by atoms with Gasteiger partial charge in [0.25, 0.3) is 20.0 Å². The number of halogens is 2. The first-order chi connectivity index (χ1) is 13.2. The maximum atomic E-state index is 12.4. The molecule has 0 aliphatic heterocycles. The second kappa shape index (κ2) is 8.00. The van der Waals surface area contributed by atoms with Gasteiger partial charge in [0.05, 0.1) is 31.2 Å². The quantitative estimate of drug-likeness (QED) is 0.566. The first-order valence-electron chi connectivity index (χ1n) is 7.84. The average Bonchev–Trinajstić information content (AvgIpc) is 2.69. The van der Waals surface area contributed by atoms with Crippen molar-refractivity contribution in [2.45, 2.75) is 9.79 Å². The average molecular weight is 457 g/mol. The summed E-state index contributed by atoms with van der Waals surface area (Å²) in [4.78, 5) is 0.104. The Bertz CT molecular complexity index is 1100. The number of benzene rings is 3. The van der Waals surface area contributed by atoms with E-state index in [4.69, 9.17) is 23.2 Å². The largest absolute Gasteiger partial charge is 0.278 e. The van der Waals surface area contributed by atoms with Gasteiger partial charge in [-0.2, -0.15) is 0 Å². The van der Waals surface area contributed by atoms with Gasteiger partial charge in [0, 0.05) is 0 Å². The zero-order valence-electron chi connectivity index (χ0n) is 14.1. The van der Waals surface area contributed by atoms with Crippen LogP contribution >= 0.6 is 23.2 Å². The Labute approximate surface area is 173 Å². The van der Waals surface area contributed by atoms with E-state index in [1.807, 2.05) is 0 Å². The molecule has 0 amide bonds. The molecule has 0 heterocycles. The second-order valence-corrected chi connectivity index (χ2v) is 9.75. The van der Waals surface area contributed by atoms with E-state index < -0.39 is 20.0 Å². The molecule has 146 valence electrons. The topological polar surface area (TPSA) is 92.3 Å². The van der Waals surface area contributed by atoms with Crippen molar-refractivity contribution in [2.24, 2.45) is 0 Å². The molecule has 0 fully saturated rings. The van der Waals surface area contributed by atoms with E-state index in [9.17, 15) is 16.8 Å². The fraction of sp³-hybridized carbons (Fsp3) is 0. The van der Waals surface area contributed by atoms with Gasteiger partial charge in [-0.3, -0.25) is 9.44 Å². The summed E-state index contributed by atoms with van der Waals surface area (Å²) in [6, 6.07) is 18.1. The van der Waals surface area contributed by atoms with Crippen molar-refractivity contribution in [1.29, 1.82) is 0 Å². The standard InChI is InChI=1S/C18H14Cl2N2O4S2/c19-17-15(21-27(23,24)13-7-3-1-4-8-13)11-12-16(18(17)20)22-28(25,26)14-9-5-2-6-10-14/h1-12,21-22H. The van der Waals surface area contributed by atoms with Crippen LogP contribution in [0.15, 0.2) is 82.6 Å². The van der Waals surface area contributed by atoms with Crippen LogP contribution in [0.4, 0.5) is 11.4 Å². The van der Waals surface area contributed by atoms with Crippen LogP contribution in [0.25, 0.3) is 0 Å². The fourth-order valence-electron chi connectivity index (χ4n) is 2.31. The molecular weight excluding hydrogens is 443 g/mol. The summed E-state index contributed by atoms with van der Waals surface area (Å²) >= 11 is 12.3. The molecule has 0 spiro atoms. The van der Waals surface area contributed by atoms with E-state index in [2.05, 4.69) is 9.44 Å². The summed E-state index contributed by atoms with van der Waals surface area (Å²) in [6.07, 6.45) is 0. The molecule has 0 atom stereocenters. The van der Waals surface area contributed by atoms with E-state index in [-0.39, 0.29) is 31.2 Å². The van der Waals surface area contributed by atoms with Crippen LogP contribution in [0, 0.1) is 0 Å². The van der Waals surface area contributed by atoms with Gasteiger partial charge in [-0.15, -0.1) is 0 Å². The van der Waals surface area contributed by atoms with E-state index >= 15 is 0 Å². The van der Waals surface area contributed by atoms with Crippen molar-refractivity contribution >= 4 is 54.6 Å². The predicted octanol–water partition coefficient (Wildman–Crippen LogP) is 4.60. The Morgan fingerprint density at radius 1 is 0.536 bits per heavy atom. The van der Waals surface area contributed by atoms with Crippen molar-refractivity contribution in [3.05, 3.63) is 82.8 Å². The van der Waals surface area contributed by atoms with Gasteiger partial charge < -0.3 is 0 Å². The van der Waals surface area contributed by atoms with Gasteiger partial charge in [-0.25, -0.2) is 16.8 Å². The van der Waals surface area contributed by atoms with Gasteiger partial charge in [0.2, 0.25) is 0 Å². The smallest absolute Gasteiger partial charge is 0.261 e. The van der Waals surface area contributed by atoms with Crippen LogP contribution in [0.2, 0.25) is 10.0 Å². The normalized spacial score (nSPS) is 11.8. The molecule has 28 heavy (non-hydrogen) atoms. The molecular formula is C18H14Cl2N2O4S2. The number of nitrogens with one attached hydrogen (secondary N) is 2. The number of hydrogen-bond donors (Lipinski definition) is 2. The van der Waals surface area contributed by atoms with Crippen LogP contribution in [0.5, 0.6) is 0 Å². The zero-order chi connectivity index (χ0) is 20.4. The summed E-state index contributed by atoms with van der Waals surface area (Å²) in [6.45, 7) is 0. The van der Waals surface area contributed by atoms with E-state index in [0.717, 1.165) is 0 Å². The summed E-state index contributed by atoms with van der Waals surface area (Å²) in [5.74, 6) is 0. The highest BCUT2D eigenvalue weighted by molar-refractivity contribution is 7.93. The van der Waals surface area contributed by atoms with Crippen LogP contribution in [-0.2, 0) is 20.0 Å². The number of anilines is 2. The first-order valence-corrected chi connectivity index (χ1v) is 11.6. The molecule has 10 heteroatoms. The predicted molar refractivity (Wildman–Crippen MR) is 111 cm³/mol. The first kappa shape index (κ1) is 20.5. The molecule has 0 bridgehead atoms. The molecule has 0 aromatic heterocycles. The van der Waals surface area contributed by atoms with Crippen molar-refractivity contribution in [2.75, 3.05) is 9.44 Å². The Balaban J connectivity index is 1.90. The molecule has 0 aliphatic carbocycles. The van der Waals surface area contributed by atoms with Gasteiger partial charge in [0.1, 0.15) is 0 Å². The molecule has 3 aromatic carbocycles. The van der Waals surface area contributed by atoms with Gasteiger partial charge in [-0.1, -0.05) is 59.6 Å². The van der Waals surface area contributed by atoms with Crippen LogP contribution in [0.1, 0.15) is 0 Å². The lowest BCUT2D eigenvalue weighted by Crippen LogP contribution is -2.15. The molecule has 2 N–H and O–H groups in total. The van der Waals surface area contributed by atoms with E-state index in [1.165, 1.54) is 36.4 Å². The van der Waals surface area contributed by atoms with Crippen molar-refractivity contribution in [1.82, 2.24) is 0 Å². The Kier molecular flexibility index (Phi) is 5.85. The molecule has 0 radical (unpaired) electrons. The van der Waals surface area contributed by atoms with Crippen molar-refractivity contribution in [3.63, 3.8) is 0 Å². The molecule has 0 unspecified atom stereocenters. The molecule has 3 aromatic rings. The summed E-state index contributed by atoms with van der Waals surface area (Å²) in [5.41, 5.74) is 0.0522. The minimum atomic E-state index is -3.88. The number of rotatable bonds is 6. The second-order valence-electron chi connectivity index (χ2n) is 5.63. The summed E-state index contributed by atoms with van der Waals surface area (Å²) in [7, 11) is -7.75. The maximum Gasteiger partial charge on any atom is 0.261 e.